The average Bonchev–Trinajstić information content (AvgIpc) is 2.38. The van der Waals surface area contributed by atoms with Crippen molar-refractivity contribution in [2.24, 2.45) is 0 Å². The molecule has 0 atom stereocenters. The summed E-state index contributed by atoms with van der Waals surface area (Å²) in [7, 11) is 1.49. The van der Waals surface area contributed by atoms with E-state index in [4.69, 9.17) is 4.74 Å². The molecule has 1 aromatic carbocycles. The summed E-state index contributed by atoms with van der Waals surface area (Å²) in [5.74, 6) is 0.423. The van der Waals surface area contributed by atoms with Crippen molar-refractivity contribution in [3.05, 3.63) is 28.3 Å². The second-order valence-electron chi connectivity index (χ2n) is 3.77. The number of carbonyl (C=O) groups excluding carboxylic acids is 1. The molecule has 7 nitrogen and oxygen atoms in total. The molecule has 0 saturated carbocycles. The van der Waals surface area contributed by atoms with Gasteiger partial charge >= 0.3 is 0 Å². The fraction of sp³-hybridized carbons (Fsp3) is 0.417. The lowest BCUT2D eigenvalue weighted by molar-refractivity contribution is -0.384. The first-order chi connectivity index (χ1) is 9.08. The largest absolute Gasteiger partial charge is 0.497 e. The third-order valence-electron chi connectivity index (χ3n) is 2.44. The first-order valence-electron chi connectivity index (χ1n) is 5.91. The first-order valence-corrected chi connectivity index (χ1v) is 5.91. The number of carbonyl (C=O) groups is 1. The van der Waals surface area contributed by atoms with Gasteiger partial charge in [-0.05, 0) is 13.0 Å². The number of ether oxygens (including phenoxy) is 1. The molecule has 0 aliphatic heterocycles. The molecule has 0 aliphatic rings. The summed E-state index contributed by atoms with van der Waals surface area (Å²) in [5, 5.41) is 16.4. The van der Waals surface area contributed by atoms with Crippen LogP contribution in [-0.4, -0.2) is 31.0 Å². The monoisotopic (exact) mass is 267 g/mol. The number of nitrogens with zero attached hydrogens (tertiary/aromatic N) is 1. The molecule has 2 N–H and O–H groups in total. The molecule has 0 saturated heterocycles. The predicted molar refractivity (Wildman–Crippen MR) is 71.4 cm³/mol. The Morgan fingerprint density at radius 1 is 1.47 bits per heavy atom. The summed E-state index contributed by atoms with van der Waals surface area (Å²) in [6.07, 6.45) is 0.252. The molecular formula is C12H17N3O4. The summed E-state index contributed by atoms with van der Waals surface area (Å²) in [5.41, 5.74) is 0.297. The summed E-state index contributed by atoms with van der Waals surface area (Å²) in [4.78, 5) is 21.7. The van der Waals surface area contributed by atoms with Gasteiger partial charge in [0.2, 0.25) is 5.91 Å². The number of amides is 1. The second-order valence-corrected chi connectivity index (χ2v) is 3.77. The molecule has 0 radical (unpaired) electrons. The van der Waals surface area contributed by atoms with Gasteiger partial charge in [-0.2, -0.15) is 0 Å². The molecule has 1 amide bonds. The summed E-state index contributed by atoms with van der Waals surface area (Å²) >= 11 is 0. The van der Waals surface area contributed by atoms with Crippen molar-refractivity contribution in [1.82, 2.24) is 5.32 Å². The fourth-order valence-electron chi connectivity index (χ4n) is 1.54. The van der Waals surface area contributed by atoms with Gasteiger partial charge in [0.05, 0.1) is 12.0 Å². The van der Waals surface area contributed by atoms with Crippen molar-refractivity contribution in [1.29, 1.82) is 0 Å². The van der Waals surface area contributed by atoms with E-state index in [1.807, 2.05) is 6.92 Å². The average molecular weight is 267 g/mol. The van der Waals surface area contributed by atoms with Gasteiger partial charge in [-0.25, -0.2) is 0 Å². The lowest BCUT2D eigenvalue weighted by atomic mass is 10.2. The molecular weight excluding hydrogens is 250 g/mol. The second kappa shape index (κ2) is 7.20. The zero-order valence-corrected chi connectivity index (χ0v) is 10.9. The highest BCUT2D eigenvalue weighted by Crippen LogP contribution is 2.28. The van der Waals surface area contributed by atoms with Crippen LogP contribution in [0.3, 0.4) is 0 Å². The molecule has 7 heteroatoms. The van der Waals surface area contributed by atoms with E-state index in [0.29, 0.717) is 24.5 Å². The minimum Gasteiger partial charge on any atom is -0.497 e. The van der Waals surface area contributed by atoms with E-state index < -0.39 is 4.92 Å². The molecule has 1 rings (SSSR count). The Bertz CT molecular complexity index is 462. The van der Waals surface area contributed by atoms with Crippen LogP contribution in [0.15, 0.2) is 18.2 Å². The molecule has 0 aromatic heterocycles. The van der Waals surface area contributed by atoms with E-state index in [9.17, 15) is 14.9 Å². The van der Waals surface area contributed by atoms with Crippen LogP contribution in [0.2, 0.25) is 0 Å². The molecule has 19 heavy (non-hydrogen) atoms. The third kappa shape index (κ3) is 4.46. The van der Waals surface area contributed by atoms with Crippen molar-refractivity contribution < 1.29 is 14.5 Å². The van der Waals surface area contributed by atoms with Gasteiger partial charge in [0.1, 0.15) is 11.4 Å². The van der Waals surface area contributed by atoms with Crippen molar-refractivity contribution in [2.75, 3.05) is 25.5 Å². The topological polar surface area (TPSA) is 93.5 Å². The van der Waals surface area contributed by atoms with Crippen LogP contribution < -0.4 is 15.4 Å². The van der Waals surface area contributed by atoms with E-state index in [1.165, 1.54) is 25.3 Å². The van der Waals surface area contributed by atoms with E-state index in [0.717, 1.165) is 0 Å². The number of nitro benzene ring substituents is 1. The van der Waals surface area contributed by atoms with Gasteiger partial charge in [0.25, 0.3) is 5.69 Å². The van der Waals surface area contributed by atoms with Crippen molar-refractivity contribution in [2.45, 2.75) is 13.3 Å². The lowest BCUT2D eigenvalue weighted by Gasteiger charge is -2.08. The molecule has 0 fully saturated rings. The Morgan fingerprint density at radius 3 is 2.79 bits per heavy atom. The molecule has 0 heterocycles. The van der Waals surface area contributed by atoms with E-state index in [1.54, 1.807) is 0 Å². The maximum atomic E-state index is 11.3. The van der Waals surface area contributed by atoms with Crippen LogP contribution in [-0.2, 0) is 4.79 Å². The maximum absolute atomic E-state index is 11.3. The van der Waals surface area contributed by atoms with Crippen LogP contribution in [0.4, 0.5) is 11.4 Å². The van der Waals surface area contributed by atoms with Gasteiger partial charge in [-0.1, -0.05) is 0 Å². The van der Waals surface area contributed by atoms with Crippen LogP contribution in [0.5, 0.6) is 5.75 Å². The number of nitrogens with one attached hydrogen (secondary N) is 2. The zero-order valence-electron chi connectivity index (χ0n) is 10.9. The highest BCUT2D eigenvalue weighted by Gasteiger charge is 2.14. The van der Waals surface area contributed by atoms with Crippen LogP contribution in [0.25, 0.3) is 0 Å². The highest BCUT2D eigenvalue weighted by molar-refractivity contribution is 5.76. The van der Waals surface area contributed by atoms with Gasteiger partial charge in [0.15, 0.2) is 0 Å². The van der Waals surface area contributed by atoms with Crippen LogP contribution in [0.1, 0.15) is 13.3 Å². The Labute approximate surface area is 111 Å². The molecule has 0 unspecified atom stereocenters. The van der Waals surface area contributed by atoms with Gasteiger partial charge < -0.3 is 15.4 Å². The summed E-state index contributed by atoms with van der Waals surface area (Å²) in [6, 6.07) is 4.43. The van der Waals surface area contributed by atoms with Gasteiger partial charge in [0, 0.05) is 31.6 Å². The Kier molecular flexibility index (Phi) is 5.59. The number of benzene rings is 1. The highest BCUT2D eigenvalue weighted by atomic mass is 16.6. The van der Waals surface area contributed by atoms with Crippen molar-refractivity contribution in [3.63, 3.8) is 0 Å². The maximum Gasteiger partial charge on any atom is 0.292 e. The number of anilines is 1. The predicted octanol–water partition coefficient (Wildman–Crippen LogP) is 1.54. The van der Waals surface area contributed by atoms with E-state index >= 15 is 0 Å². The Hall–Kier alpha value is -2.31. The number of methoxy groups -OCH3 is 1. The minimum absolute atomic E-state index is 0.0447. The molecule has 0 bridgehead atoms. The summed E-state index contributed by atoms with van der Waals surface area (Å²) < 4.78 is 5.01. The molecule has 1 aromatic rings. The molecule has 0 aliphatic carbocycles. The Balaban J connectivity index is 2.69. The molecule has 0 spiro atoms. The normalized spacial score (nSPS) is 9.79. The fourth-order valence-corrected chi connectivity index (χ4v) is 1.54. The zero-order chi connectivity index (χ0) is 14.3. The van der Waals surface area contributed by atoms with Gasteiger partial charge in [-0.3, -0.25) is 14.9 Å². The standard InChI is InChI=1S/C12H17N3O4/c1-3-13-12(16)6-7-14-10-8-9(19-2)4-5-11(10)15(17)18/h4-5,8,14H,3,6-7H2,1-2H3,(H,13,16). The van der Waals surface area contributed by atoms with E-state index in [-0.39, 0.29) is 18.0 Å². The number of rotatable bonds is 7. The minimum atomic E-state index is -0.478. The number of nitro groups is 1. The lowest BCUT2D eigenvalue weighted by Crippen LogP contribution is -2.24. The number of hydrogen-bond donors (Lipinski definition) is 2. The first kappa shape index (κ1) is 14.7. The quantitative estimate of drug-likeness (QED) is 0.577. The van der Waals surface area contributed by atoms with Gasteiger partial charge in [-0.15, -0.1) is 0 Å². The van der Waals surface area contributed by atoms with Crippen LogP contribution >= 0.6 is 0 Å². The Morgan fingerprint density at radius 2 is 2.21 bits per heavy atom. The van der Waals surface area contributed by atoms with Crippen LogP contribution in [0, 0.1) is 10.1 Å². The van der Waals surface area contributed by atoms with E-state index in [2.05, 4.69) is 10.6 Å². The SMILES string of the molecule is CCNC(=O)CCNc1cc(OC)ccc1[N+](=O)[O-]. The molecule has 104 valence electrons. The smallest absolute Gasteiger partial charge is 0.292 e. The van der Waals surface area contributed by atoms with Crippen molar-refractivity contribution >= 4 is 17.3 Å². The number of hydrogen-bond acceptors (Lipinski definition) is 5. The third-order valence-corrected chi connectivity index (χ3v) is 2.44. The summed E-state index contributed by atoms with van der Waals surface area (Å²) in [6.45, 7) is 2.72. The van der Waals surface area contributed by atoms with Crippen molar-refractivity contribution in [3.8, 4) is 5.75 Å².